The second kappa shape index (κ2) is 5.32. The zero-order chi connectivity index (χ0) is 15.8. The lowest BCUT2D eigenvalue weighted by Crippen LogP contribution is -1.91. The van der Waals surface area contributed by atoms with Gasteiger partial charge in [0.15, 0.2) is 0 Å². The van der Waals surface area contributed by atoms with E-state index in [4.69, 9.17) is 0 Å². The molecule has 0 aliphatic heterocycles. The Morgan fingerprint density at radius 1 is 0.783 bits per heavy atom. The fourth-order valence-corrected chi connectivity index (χ4v) is 2.72. The second-order valence-corrected chi connectivity index (χ2v) is 5.68. The molecular weight excluding hydrogens is 284 g/mol. The third kappa shape index (κ3) is 2.48. The van der Waals surface area contributed by atoms with Crippen LogP contribution in [-0.4, -0.2) is 19.4 Å². The van der Waals surface area contributed by atoms with E-state index < -0.39 is 0 Å². The lowest BCUT2D eigenvalue weighted by molar-refractivity contribution is 1.05. The first-order valence-corrected chi connectivity index (χ1v) is 7.54. The summed E-state index contributed by atoms with van der Waals surface area (Å²) in [6.45, 7) is 3.98. The van der Waals surface area contributed by atoms with Crippen LogP contribution >= 0.6 is 0 Å². The van der Waals surface area contributed by atoms with Gasteiger partial charge in [0.1, 0.15) is 11.5 Å². The van der Waals surface area contributed by atoms with Gasteiger partial charge in [0.25, 0.3) is 0 Å². The summed E-state index contributed by atoms with van der Waals surface area (Å²) in [6, 6.07) is 12.6. The molecule has 0 bridgehead atoms. The SMILES string of the molecule is Cc1cccc(-c2cnc3cc(-c4cnc(C)nc4)ccn23)c1. The van der Waals surface area contributed by atoms with E-state index in [1.54, 1.807) is 0 Å². The Hall–Kier alpha value is -3.01. The van der Waals surface area contributed by atoms with Crippen LogP contribution in [0.1, 0.15) is 11.4 Å². The van der Waals surface area contributed by atoms with Crippen LogP contribution < -0.4 is 0 Å². The molecule has 0 amide bonds. The molecule has 4 nitrogen and oxygen atoms in total. The topological polar surface area (TPSA) is 43.1 Å². The highest BCUT2D eigenvalue weighted by atomic mass is 15.0. The van der Waals surface area contributed by atoms with Gasteiger partial charge in [0, 0.05) is 29.7 Å². The first-order chi connectivity index (χ1) is 11.2. The third-order valence-corrected chi connectivity index (χ3v) is 3.94. The van der Waals surface area contributed by atoms with E-state index in [0.717, 1.165) is 28.3 Å². The minimum absolute atomic E-state index is 0.775. The van der Waals surface area contributed by atoms with Crippen LogP contribution in [0.25, 0.3) is 28.0 Å². The van der Waals surface area contributed by atoms with Crippen molar-refractivity contribution in [2.24, 2.45) is 0 Å². The van der Waals surface area contributed by atoms with Gasteiger partial charge in [0.05, 0.1) is 11.9 Å². The molecule has 23 heavy (non-hydrogen) atoms. The number of benzene rings is 1. The number of fused-ring (bicyclic) bond motifs is 1. The summed E-state index contributed by atoms with van der Waals surface area (Å²) in [4.78, 5) is 13.1. The minimum atomic E-state index is 0.775. The number of aryl methyl sites for hydroxylation is 2. The lowest BCUT2D eigenvalue weighted by atomic mass is 10.1. The highest BCUT2D eigenvalue weighted by Crippen LogP contribution is 2.25. The van der Waals surface area contributed by atoms with E-state index in [1.807, 2.05) is 25.5 Å². The molecule has 4 aromatic rings. The molecule has 0 atom stereocenters. The molecule has 4 heteroatoms. The number of hydrogen-bond donors (Lipinski definition) is 0. The van der Waals surface area contributed by atoms with Crippen LogP contribution in [0.4, 0.5) is 0 Å². The number of nitrogens with zero attached hydrogens (tertiary/aromatic N) is 4. The van der Waals surface area contributed by atoms with Gasteiger partial charge in [-0.15, -0.1) is 0 Å². The molecule has 0 spiro atoms. The average Bonchev–Trinajstić information content (AvgIpc) is 2.98. The number of imidazole rings is 1. The zero-order valence-electron chi connectivity index (χ0n) is 13.1. The van der Waals surface area contributed by atoms with Crippen molar-refractivity contribution in [3.63, 3.8) is 0 Å². The quantitative estimate of drug-likeness (QED) is 0.560. The molecule has 3 heterocycles. The molecule has 0 N–H and O–H groups in total. The van der Waals surface area contributed by atoms with Gasteiger partial charge in [-0.3, -0.25) is 4.40 Å². The fraction of sp³-hybridized carbons (Fsp3) is 0.105. The summed E-state index contributed by atoms with van der Waals surface area (Å²) in [6.07, 6.45) is 7.66. The van der Waals surface area contributed by atoms with E-state index >= 15 is 0 Å². The zero-order valence-corrected chi connectivity index (χ0v) is 13.1. The smallest absolute Gasteiger partial charge is 0.137 e. The van der Waals surface area contributed by atoms with E-state index in [9.17, 15) is 0 Å². The first-order valence-electron chi connectivity index (χ1n) is 7.54. The minimum Gasteiger partial charge on any atom is -0.300 e. The van der Waals surface area contributed by atoms with Crippen molar-refractivity contribution >= 4 is 5.65 Å². The van der Waals surface area contributed by atoms with Gasteiger partial charge in [-0.25, -0.2) is 15.0 Å². The van der Waals surface area contributed by atoms with Gasteiger partial charge >= 0.3 is 0 Å². The number of hydrogen-bond acceptors (Lipinski definition) is 3. The molecule has 4 rings (SSSR count). The summed E-state index contributed by atoms with van der Waals surface area (Å²) in [5, 5.41) is 0. The lowest BCUT2D eigenvalue weighted by Gasteiger charge is -2.05. The molecule has 0 aliphatic rings. The monoisotopic (exact) mass is 300 g/mol. The number of rotatable bonds is 2. The maximum absolute atomic E-state index is 4.55. The highest BCUT2D eigenvalue weighted by Gasteiger charge is 2.08. The predicted molar refractivity (Wildman–Crippen MR) is 91.1 cm³/mol. The molecule has 0 fully saturated rings. The van der Waals surface area contributed by atoms with Crippen molar-refractivity contribution in [1.82, 2.24) is 19.4 Å². The van der Waals surface area contributed by atoms with Gasteiger partial charge in [-0.1, -0.05) is 23.8 Å². The van der Waals surface area contributed by atoms with E-state index in [0.29, 0.717) is 0 Å². The maximum Gasteiger partial charge on any atom is 0.137 e. The molecule has 0 saturated heterocycles. The summed E-state index contributed by atoms with van der Waals surface area (Å²) in [5.41, 5.74) is 6.49. The molecule has 0 aliphatic carbocycles. The average molecular weight is 300 g/mol. The molecule has 0 radical (unpaired) electrons. The van der Waals surface area contributed by atoms with Gasteiger partial charge in [-0.05, 0) is 37.6 Å². The first kappa shape index (κ1) is 13.6. The molecule has 0 saturated carbocycles. The maximum atomic E-state index is 4.55. The van der Waals surface area contributed by atoms with Crippen molar-refractivity contribution in [2.75, 3.05) is 0 Å². The Bertz CT molecular complexity index is 984. The largest absolute Gasteiger partial charge is 0.300 e. The third-order valence-electron chi connectivity index (χ3n) is 3.94. The Labute approximate surface area is 134 Å². The molecular formula is C19H16N4. The van der Waals surface area contributed by atoms with E-state index in [-0.39, 0.29) is 0 Å². The number of pyridine rings is 1. The number of aromatic nitrogens is 4. The Balaban J connectivity index is 1.81. The summed E-state index contributed by atoms with van der Waals surface area (Å²) in [7, 11) is 0. The summed E-state index contributed by atoms with van der Waals surface area (Å²) >= 11 is 0. The van der Waals surface area contributed by atoms with Gasteiger partial charge in [-0.2, -0.15) is 0 Å². The standard InChI is InChI=1S/C19H16N4/c1-13-4-3-5-16(8-13)18-12-22-19-9-15(6-7-23(18)19)17-10-20-14(2)21-11-17/h3-12H,1-2H3. The van der Waals surface area contributed by atoms with Crippen molar-refractivity contribution in [1.29, 1.82) is 0 Å². The van der Waals surface area contributed by atoms with Gasteiger partial charge in [0.2, 0.25) is 0 Å². The van der Waals surface area contributed by atoms with Crippen LogP contribution in [0.3, 0.4) is 0 Å². The van der Waals surface area contributed by atoms with Crippen molar-refractivity contribution in [3.05, 3.63) is 72.6 Å². The molecule has 112 valence electrons. The van der Waals surface area contributed by atoms with Crippen molar-refractivity contribution in [2.45, 2.75) is 13.8 Å². The van der Waals surface area contributed by atoms with E-state index in [1.165, 1.54) is 11.1 Å². The Morgan fingerprint density at radius 3 is 2.39 bits per heavy atom. The van der Waals surface area contributed by atoms with Crippen LogP contribution in [0.2, 0.25) is 0 Å². The molecule has 3 aromatic heterocycles. The van der Waals surface area contributed by atoms with Crippen molar-refractivity contribution in [3.8, 4) is 22.4 Å². The van der Waals surface area contributed by atoms with Crippen molar-refractivity contribution < 1.29 is 0 Å². The normalized spacial score (nSPS) is 11.0. The second-order valence-electron chi connectivity index (χ2n) is 5.68. The summed E-state index contributed by atoms with van der Waals surface area (Å²) in [5.74, 6) is 0.775. The highest BCUT2D eigenvalue weighted by molar-refractivity contribution is 5.70. The Morgan fingerprint density at radius 2 is 1.61 bits per heavy atom. The Kier molecular flexibility index (Phi) is 3.15. The molecule has 0 unspecified atom stereocenters. The molecule has 1 aromatic carbocycles. The van der Waals surface area contributed by atoms with E-state index in [2.05, 4.69) is 68.9 Å². The van der Waals surface area contributed by atoms with Gasteiger partial charge < -0.3 is 0 Å². The predicted octanol–water partition coefficient (Wildman–Crippen LogP) is 4.08. The summed E-state index contributed by atoms with van der Waals surface area (Å²) < 4.78 is 2.10. The fourth-order valence-electron chi connectivity index (χ4n) is 2.72. The van der Waals surface area contributed by atoms with Crippen LogP contribution in [0.5, 0.6) is 0 Å². The van der Waals surface area contributed by atoms with Crippen LogP contribution in [0.15, 0.2) is 61.2 Å². The van der Waals surface area contributed by atoms with Crippen LogP contribution in [0, 0.1) is 13.8 Å². The van der Waals surface area contributed by atoms with Crippen LogP contribution in [-0.2, 0) is 0 Å².